The Balaban J connectivity index is 0. The zero-order valence-corrected chi connectivity index (χ0v) is 4.63. The molecule has 0 saturated carbocycles. The van der Waals surface area contributed by atoms with Crippen molar-refractivity contribution in [3.63, 3.8) is 0 Å². The molecule has 0 aliphatic heterocycles. The molecule has 0 spiro atoms. The van der Waals surface area contributed by atoms with E-state index in [1.807, 2.05) is 0 Å². The number of carbonyl (C=O) groups is 2. The molecule has 0 aliphatic carbocycles. The van der Waals surface area contributed by atoms with Gasteiger partial charge >= 0.3 is 41.5 Å². The summed E-state index contributed by atoms with van der Waals surface area (Å²) in [6.07, 6.45) is -0.505. The minimum atomic E-state index is -1.27. The molecule has 0 atom stereocenters. The average Bonchev–Trinajstić information content (AvgIpc) is 1.63. The third-order valence-electron chi connectivity index (χ3n) is 0.667. The number of carboxylic acids is 2. The molecule has 0 radical (unpaired) electrons. The summed E-state index contributed by atoms with van der Waals surface area (Å²) in [6.45, 7) is 3.01. The van der Waals surface area contributed by atoms with Crippen molar-refractivity contribution in [1.29, 1.82) is 0 Å². The topological polar surface area (TPSA) is 74.6 Å². The van der Waals surface area contributed by atoms with E-state index in [1.165, 1.54) is 0 Å². The first-order valence-electron chi connectivity index (χ1n) is 2.17. The molecular formula is C5H7NaO4. The van der Waals surface area contributed by atoms with Gasteiger partial charge in [-0.05, 0) is 0 Å². The van der Waals surface area contributed by atoms with Gasteiger partial charge in [-0.25, -0.2) is 4.79 Å². The first-order valence-corrected chi connectivity index (χ1v) is 2.17. The fourth-order valence-electron chi connectivity index (χ4n) is 0.258. The van der Waals surface area contributed by atoms with Crippen molar-refractivity contribution in [2.75, 3.05) is 0 Å². The Morgan fingerprint density at radius 1 is 1.30 bits per heavy atom. The Hall–Kier alpha value is -0.320. The molecule has 0 unspecified atom stereocenters. The van der Waals surface area contributed by atoms with Crippen molar-refractivity contribution in [1.82, 2.24) is 0 Å². The van der Waals surface area contributed by atoms with Gasteiger partial charge in [0.05, 0.1) is 6.42 Å². The summed E-state index contributed by atoms with van der Waals surface area (Å²) in [7, 11) is 0. The van der Waals surface area contributed by atoms with E-state index in [9.17, 15) is 9.59 Å². The zero-order chi connectivity index (χ0) is 7.44. The van der Waals surface area contributed by atoms with Gasteiger partial charge in [0.15, 0.2) is 0 Å². The van der Waals surface area contributed by atoms with Gasteiger partial charge in [0.1, 0.15) is 0 Å². The summed E-state index contributed by atoms with van der Waals surface area (Å²) in [4.78, 5) is 19.7. The number of hydrogen-bond donors (Lipinski definition) is 2. The fourth-order valence-corrected chi connectivity index (χ4v) is 0.258. The maximum absolute atomic E-state index is 9.87. The van der Waals surface area contributed by atoms with Gasteiger partial charge in [0.2, 0.25) is 0 Å². The van der Waals surface area contributed by atoms with Gasteiger partial charge < -0.3 is 10.2 Å². The van der Waals surface area contributed by atoms with Crippen LogP contribution in [-0.2, 0) is 9.59 Å². The SMILES string of the molecule is C=C(CC(=O)O)C(=O)O.[NaH]. The van der Waals surface area contributed by atoms with Crippen LogP contribution < -0.4 is 0 Å². The Labute approximate surface area is 79.8 Å². The summed E-state index contributed by atoms with van der Waals surface area (Å²) in [5, 5.41) is 16.1. The Morgan fingerprint density at radius 2 is 1.70 bits per heavy atom. The normalized spacial score (nSPS) is 7.60. The third kappa shape index (κ3) is 5.81. The summed E-state index contributed by atoms with van der Waals surface area (Å²) in [5.41, 5.74) is -0.303. The van der Waals surface area contributed by atoms with Crippen molar-refractivity contribution < 1.29 is 19.8 Å². The first kappa shape index (κ1) is 12.4. The minimum absolute atomic E-state index is 0. The van der Waals surface area contributed by atoms with E-state index in [0.29, 0.717) is 0 Å². The van der Waals surface area contributed by atoms with Crippen molar-refractivity contribution in [2.45, 2.75) is 6.42 Å². The summed E-state index contributed by atoms with van der Waals surface area (Å²) >= 11 is 0. The van der Waals surface area contributed by atoms with Gasteiger partial charge in [-0.3, -0.25) is 4.79 Å². The van der Waals surface area contributed by atoms with Crippen LogP contribution in [0.25, 0.3) is 0 Å². The van der Waals surface area contributed by atoms with Crippen molar-refractivity contribution in [2.24, 2.45) is 0 Å². The second kappa shape index (κ2) is 5.46. The van der Waals surface area contributed by atoms with Crippen LogP contribution in [0.4, 0.5) is 0 Å². The molecule has 4 nitrogen and oxygen atoms in total. The molecule has 2 N–H and O–H groups in total. The van der Waals surface area contributed by atoms with Crippen LogP contribution in [0.2, 0.25) is 0 Å². The Bertz CT molecular complexity index is 163. The van der Waals surface area contributed by atoms with E-state index >= 15 is 0 Å². The Morgan fingerprint density at radius 3 is 1.80 bits per heavy atom. The monoisotopic (exact) mass is 154 g/mol. The molecule has 0 saturated heterocycles. The summed E-state index contributed by atoms with van der Waals surface area (Å²) < 4.78 is 0. The van der Waals surface area contributed by atoms with Crippen LogP contribution in [0.3, 0.4) is 0 Å². The fraction of sp³-hybridized carbons (Fsp3) is 0.200. The molecule has 0 bridgehead atoms. The summed E-state index contributed by atoms with van der Waals surface area (Å²) in [6, 6.07) is 0. The van der Waals surface area contributed by atoms with Crippen LogP contribution >= 0.6 is 0 Å². The predicted molar refractivity (Wildman–Crippen MR) is 36.2 cm³/mol. The van der Waals surface area contributed by atoms with Gasteiger partial charge in [-0.1, -0.05) is 6.58 Å². The molecular weight excluding hydrogens is 147 g/mol. The molecule has 0 aromatic heterocycles. The van der Waals surface area contributed by atoms with Gasteiger partial charge in [-0.15, -0.1) is 0 Å². The van der Waals surface area contributed by atoms with Crippen LogP contribution in [0.1, 0.15) is 6.42 Å². The van der Waals surface area contributed by atoms with E-state index in [1.54, 1.807) is 0 Å². The summed E-state index contributed by atoms with van der Waals surface area (Å²) in [5.74, 6) is -2.44. The Kier molecular flexibility index (Phi) is 6.76. The van der Waals surface area contributed by atoms with Crippen molar-refractivity contribution in [3.05, 3.63) is 12.2 Å². The molecule has 0 aliphatic rings. The standard InChI is InChI=1S/C5H6O4.Na.H/c1-3(5(8)9)2-4(6)7;;/h1-2H2,(H,6,7)(H,8,9);;. The van der Waals surface area contributed by atoms with Gasteiger partial charge in [0, 0.05) is 5.57 Å². The third-order valence-corrected chi connectivity index (χ3v) is 0.667. The molecule has 5 heteroatoms. The second-order valence-electron chi connectivity index (χ2n) is 1.48. The van der Waals surface area contributed by atoms with E-state index in [4.69, 9.17) is 10.2 Å². The maximum atomic E-state index is 9.87. The molecule has 0 aromatic carbocycles. The van der Waals surface area contributed by atoms with Gasteiger partial charge in [-0.2, -0.15) is 0 Å². The molecule has 10 heavy (non-hydrogen) atoms. The molecule has 0 heterocycles. The zero-order valence-electron chi connectivity index (χ0n) is 4.63. The quantitative estimate of drug-likeness (QED) is 0.422. The number of hydrogen-bond acceptors (Lipinski definition) is 2. The van der Waals surface area contributed by atoms with Crippen molar-refractivity contribution >= 4 is 41.5 Å². The van der Waals surface area contributed by atoms with E-state index < -0.39 is 18.4 Å². The van der Waals surface area contributed by atoms with Crippen LogP contribution in [0, 0.1) is 0 Å². The molecule has 0 amide bonds. The molecule has 52 valence electrons. The van der Waals surface area contributed by atoms with E-state index in [2.05, 4.69) is 6.58 Å². The molecule has 0 rings (SSSR count). The molecule has 0 aromatic rings. The first-order chi connectivity index (χ1) is 4.04. The van der Waals surface area contributed by atoms with E-state index in [0.717, 1.165) is 0 Å². The second-order valence-corrected chi connectivity index (χ2v) is 1.48. The average molecular weight is 154 g/mol. The van der Waals surface area contributed by atoms with Gasteiger partial charge in [0.25, 0.3) is 0 Å². The number of rotatable bonds is 3. The molecule has 0 fully saturated rings. The van der Waals surface area contributed by atoms with Crippen molar-refractivity contribution in [3.8, 4) is 0 Å². The number of aliphatic carboxylic acids is 2. The van der Waals surface area contributed by atoms with Crippen LogP contribution in [0.5, 0.6) is 0 Å². The number of carboxylic acid groups (broad SMARTS) is 2. The predicted octanol–water partition coefficient (Wildman–Crippen LogP) is -0.547. The van der Waals surface area contributed by atoms with Crippen LogP contribution in [0.15, 0.2) is 12.2 Å². The van der Waals surface area contributed by atoms with E-state index in [-0.39, 0.29) is 35.1 Å². The van der Waals surface area contributed by atoms with Crippen LogP contribution in [-0.4, -0.2) is 51.7 Å².